The first kappa shape index (κ1) is 10.6. The van der Waals surface area contributed by atoms with Crippen molar-refractivity contribution in [3.05, 3.63) is 36.5 Å². The predicted molar refractivity (Wildman–Crippen MR) is 69.1 cm³/mol. The van der Waals surface area contributed by atoms with E-state index in [0.717, 1.165) is 16.9 Å². The van der Waals surface area contributed by atoms with Gasteiger partial charge in [-0.15, -0.1) is 0 Å². The number of thiocarbonyl (C=S) groups is 1. The summed E-state index contributed by atoms with van der Waals surface area (Å²) in [5.74, 6) is 0. The number of rotatable bonds is 2. The van der Waals surface area contributed by atoms with Gasteiger partial charge < -0.3 is 11.1 Å². The predicted octanol–water partition coefficient (Wildman–Crippen LogP) is 1.74. The van der Waals surface area contributed by atoms with Crippen LogP contribution < -0.4 is 11.1 Å². The summed E-state index contributed by atoms with van der Waals surface area (Å²) in [5.41, 5.74) is 8.43. The Kier molecular flexibility index (Phi) is 2.87. The Bertz CT molecular complexity index is 518. The summed E-state index contributed by atoms with van der Waals surface area (Å²) in [6, 6.07) is 9.82. The minimum absolute atomic E-state index is 0.266. The Morgan fingerprint density at radius 3 is 2.88 bits per heavy atom. The number of benzene rings is 1. The van der Waals surface area contributed by atoms with Crippen LogP contribution in [-0.2, 0) is 7.05 Å². The van der Waals surface area contributed by atoms with E-state index < -0.39 is 0 Å². The van der Waals surface area contributed by atoms with Gasteiger partial charge >= 0.3 is 0 Å². The lowest BCUT2D eigenvalue weighted by Gasteiger charge is -2.06. The maximum Gasteiger partial charge on any atom is 0.168 e. The van der Waals surface area contributed by atoms with Crippen LogP contribution in [0.25, 0.3) is 11.3 Å². The van der Waals surface area contributed by atoms with Gasteiger partial charge in [0.25, 0.3) is 0 Å². The highest BCUT2D eigenvalue weighted by atomic mass is 32.1. The Morgan fingerprint density at radius 2 is 2.25 bits per heavy atom. The summed E-state index contributed by atoms with van der Waals surface area (Å²) in [5, 5.41) is 7.30. The molecule has 0 saturated heterocycles. The molecule has 0 unspecified atom stereocenters. The Labute approximate surface area is 99.1 Å². The van der Waals surface area contributed by atoms with Gasteiger partial charge in [0, 0.05) is 24.5 Å². The number of nitrogens with one attached hydrogen (secondary N) is 1. The fourth-order valence-corrected chi connectivity index (χ4v) is 1.67. The summed E-state index contributed by atoms with van der Waals surface area (Å²) in [4.78, 5) is 0. The van der Waals surface area contributed by atoms with Crippen LogP contribution in [0.4, 0.5) is 5.69 Å². The zero-order valence-corrected chi connectivity index (χ0v) is 9.66. The van der Waals surface area contributed by atoms with Gasteiger partial charge in [-0.05, 0) is 30.4 Å². The second-order valence-corrected chi connectivity index (χ2v) is 3.85. The summed E-state index contributed by atoms with van der Waals surface area (Å²) in [6.45, 7) is 0. The Hall–Kier alpha value is -1.88. The van der Waals surface area contributed by atoms with Crippen LogP contribution in [0.15, 0.2) is 36.5 Å². The van der Waals surface area contributed by atoms with Gasteiger partial charge in [0.05, 0.1) is 5.69 Å². The number of anilines is 1. The van der Waals surface area contributed by atoms with Crippen molar-refractivity contribution in [1.82, 2.24) is 9.78 Å². The minimum Gasteiger partial charge on any atom is -0.376 e. The standard InChI is InChI=1S/C11H12N4S/c1-15-10(5-6-13-15)8-3-2-4-9(7-8)14-11(12)16/h2-7H,1H3,(H3,12,14,16). The van der Waals surface area contributed by atoms with Crippen molar-refractivity contribution < 1.29 is 0 Å². The van der Waals surface area contributed by atoms with E-state index in [1.54, 1.807) is 6.20 Å². The van der Waals surface area contributed by atoms with Gasteiger partial charge in [0.2, 0.25) is 0 Å². The molecule has 3 N–H and O–H groups in total. The van der Waals surface area contributed by atoms with Crippen LogP contribution in [0.3, 0.4) is 0 Å². The highest BCUT2D eigenvalue weighted by molar-refractivity contribution is 7.80. The number of hydrogen-bond donors (Lipinski definition) is 2. The van der Waals surface area contributed by atoms with E-state index in [9.17, 15) is 0 Å². The van der Waals surface area contributed by atoms with Crippen LogP contribution in [0, 0.1) is 0 Å². The third kappa shape index (κ3) is 2.20. The molecule has 0 radical (unpaired) electrons. The largest absolute Gasteiger partial charge is 0.376 e. The molecule has 1 aromatic heterocycles. The van der Waals surface area contributed by atoms with Gasteiger partial charge in [-0.2, -0.15) is 5.10 Å². The van der Waals surface area contributed by atoms with Crippen LogP contribution in [-0.4, -0.2) is 14.9 Å². The SMILES string of the molecule is Cn1nccc1-c1cccc(NC(N)=S)c1. The normalized spacial score (nSPS) is 10.1. The molecule has 0 spiro atoms. The molecule has 0 aliphatic carbocycles. The molecule has 5 heteroatoms. The first-order valence-electron chi connectivity index (χ1n) is 4.82. The molecule has 16 heavy (non-hydrogen) atoms. The fourth-order valence-electron chi connectivity index (χ4n) is 1.56. The smallest absolute Gasteiger partial charge is 0.168 e. The molecule has 0 aliphatic heterocycles. The average Bonchev–Trinajstić information content (AvgIpc) is 2.64. The Morgan fingerprint density at radius 1 is 1.44 bits per heavy atom. The van der Waals surface area contributed by atoms with E-state index in [-0.39, 0.29) is 5.11 Å². The summed E-state index contributed by atoms with van der Waals surface area (Å²) < 4.78 is 1.82. The zero-order chi connectivity index (χ0) is 11.5. The molecule has 0 saturated carbocycles. The van der Waals surface area contributed by atoms with Gasteiger partial charge in [-0.3, -0.25) is 4.68 Å². The molecular weight excluding hydrogens is 220 g/mol. The van der Waals surface area contributed by atoms with Crippen molar-refractivity contribution in [3.63, 3.8) is 0 Å². The molecule has 0 atom stereocenters. The second kappa shape index (κ2) is 4.32. The molecule has 0 aliphatic rings. The van der Waals surface area contributed by atoms with E-state index >= 15 is 0 Å². The van der Waals surface area contributed by atoms with E-state index in [0.29, 0.717) is 0 Å². The number of nitrogens with two attached hydrogens (primary N) is 1. The number of aromatic nitrogens is 2. The molecular formula is C11H12N4S. The lowest BCUT2D eigenvalue weighted by atomic mass is 10.1. The summed E-state index contributed by atoms with van der Waals surface area (Å²) >= 11 is 4.80. The molecule has 4 nitrogen and oxygen atoms in total. The fraction of sp³-hybridized carbons (Fsp3) is 0.0909. The van der Waals surface area contributed by atoms with Crippen molar-refractivity contribution >= 4 is 23.0 Å². The van der Waals surface area contributed by atoms with Crippen LogP contribution in [0.5, 0.6) is 0 Å². The quantitative estimate of drug-likeness (QED) is 0.774. The third-order valence-electron chi connectivity index (χ3n) is 2.25. The lowest BCUT2D eigenvalue weighted by Crippen LogP contribution is -2.18. The van der Waals surface area contributed by atoms with Gasteiger partial charge in [0.1, 0.15) is 0 Å². The number of nitrogens with zero attached hydrogens (tertiary/aromatic N) is 2. The first-order valence-corrected chi connectivity index (χ1v) is 5.22. The minimum atomic E-state index is 0.266. The summed E-state index contributed by atoms with van der Waals surface area (Å²) in [6.07, 6.45) is 1.77. The van der Waals surface area contributed by atoms with Crippen molar-refractivity contribution in [2.24, 2.45) is 12.8 Å². The first-order chi connectivity index (χ1) is 7.66. The van der Waals surface area contributed by atoms with E-state index in [1.807, 2.05) is 42.1 Å². The van der Waals surface area contributed by atoms with Gasteiger partial charge in [-0.25, -0.2) is 0 Å². The van der Waals surface area contributed by atoms with E-state index in [4.69, 9.17) is 18.0 Å². The zero-order valence-electron chi connectivity index (χ0n) is 8.84. The van der Waals surface area contributed by atoms with Crippen LogP contribution in [0.2, 0.25) is 0 Å². The molecule has 2 rings (SSSR count). The number of aryl methyl sites for hydroxylation is 1. The molecule has 1 aromatic carbocycles. The summed E-state index contributed by atoms with van der Waals surface area (Å²) in [7, 11) is 1.91. The van der Waals surface area contributed by atoms with Crippen LogP contribution >= 0.6 is 12.2 Å². The van der Waals surface area contributed by atoms with Gasteiger partial charge in [0.15, 0.2) is 5.11 Å². The average molecular weight is 232 g/mol. The molecule has 2 aromatic rings. The molecule has 0 bridgehead atoms. The monoisotopic (exact) mass is 232 g/mol. The van der Waals surface area contributed by atoms with Crippen molar-refractivity contribution in [3.8, 4) is 11.3 Å². The maximum atomic E-state index is 5.43. The highest BCUT2D eigenvalue weighted by Crippen LogP contribution is 2.21. The molecule has 0 fully saturated rings. The molecule has 0 amide bonds. The second-order valence-electron chi connectivity index (χ2n) is 3.41. The van der Waals surface area contributed by atoms with Gasteiger partial charge in [-0.1, -0.05) is 12.1 Å². The van der Waals surface area contributed by atoms with Crippen molar-refractivity contribution in [2.75, 3.05) is 5.32 Å². The van der Waals surface area contributed by atoms with Crippen molar-refractivity contribution in [2.45, 2.75) is 0 Å². The molecule has 1 heterocycles. The molecule has 82 valence electrons. The highest BCUT2D eigenvalue weighted by Gasteiger charge is 2.03. The topological polar surface area (TPSA) is 55.9 Å². The van der Waals surface area contributed by atoms with Crippen LogP contribution in [0.1, 0.15) is 0 Å². The number of hydrogen-bond acceptors (Lipinski definition) is 2. The Balaban J connectivity index is 2.36. The lowest BCUT2D eigenvalue weighted by molar-refractivity contribution is 0.776. The third-order valence-corrected chi connectivity index (χ3v) is 2.35. The van der Waals surface area contributed by atoms with E-state index in [1.165, 1.54) is 0 Å². The van der Waals surface area contributed by atoms with Crippen molar-refractivity contribution in [1.29, 1.82) is 0 Å². The maximum absolute atomic E-state index is 5.43. The van der Waals surface area contributed by atoms with E-state index in [2.05, 4.69) is 10.4 Å².